The standard InChI is InChI=1S/C4H3O.Cu.H2O4S.H2O/c1-2-4-5-3-1;;1-5(2,3)4;/h1-3H;;(H2,1,2,3,4);1H2/q-1;+1;;. The van der Waals surface area contributed by atoms with Gasteiger partial charge in [-0.25, -0.2) is 0 Å². The van der Waals surface area contributed by atoms with E-state index < -0.39 is 10.4 Å². The largest absolute Gasteiger partial charge is 1.00 e. The van der Waals surface area contributed by atoms with Crippen LogP contribution in [0.1, 0.15) is 0 Å². The normalized spacial score (nSPS) is 8.17. The number of rotatable bonds is 0. The van der Waals surface area contributed by atoms with Crippen LogP contribution in [0.5, 0.6) is 0 Å². The molecule has 4 N–H and O–H groups in total. The summed E-state index contributed by atoms with van der Waals surface area (Å²) in [5.74, 6) is 0. The van der Waals surface area contributed by atoms with Crippen LogP contribution in [0.2, 0.25) is 0 Å². The summed E-state index contributed by atoms with van der Waals surface area (Å²) in [6, 6.07) is 3.49. The van der Waals surface area contributed by atoms with Crippen molar-refractivity contribution in [2.45, 2.75) is 0 Å². The fraction of sp³-hybridized carbons (Fsp3) is 0. The van der Waals surface area contributed by atoms with Gasteiger partial charge in [0.25, 0.3) is 0 Å². The van der Waals surface area contributed by atoms with Crippen LogP contribution in [-0.4, -0.2) is 23.0 Å². The molecule has 0 saturated heterocycles. The van der Waals surface area contributed by atoms with Gasteiger partial charge >= 0.3 is 27.5 Å². The minimum absolute atomic E-state index is 0. The Balaban J connectivity index is -0.000000116. The van der Waals surface area contributed by atoms with Crippen molar-refractivity contribution in [1.29, 1.82) is 0 Å². The average molecular weight is 247 g/mol. The van der Waals surface area contributed by atoms with Crippen LogP contribution in [0.25, 0.3) is 0 Å². The van der Waals surface area contributed by atoms with Gasteiger partial charge in [0, 0.05) is 0 Å². The molecule has 6 nitrogen and oxygen atoms in total. The summed E-state index contributed by atoms with van der Waals surface area (Å²) in [4.78, 5) is 0. The monoisotopic (exact) mass is 246 g/mol. The van der Waals surface area contributed by atoms with Gasteiger partial charge in [-0.15, -0.1) is 6.07 Å². The van der Waals surface area contributed by atoms with E-state index >= 15 is 0 Å². The predicted molar refractivity (Wildman–Crippen MR) is 35.3 cm³/mol. The molecule has 0 saturated carbocycles. The van der Waals surface area contributed by atoms with E-state index in [1.54, 1.807) is 18.4 Å². The first kappa shape index (κ1) is 17.6. The summed E-state index contributed by atoms with van der Waals surface area (Å²) in [5, 5.41) is 0. The molecule has 0 unspecified atom stereocenters. The Hall–Kier alpha value is -0.371. The molecule has 1 aromatic heterocycles. The van der Waals surface area contributed by atoms with Gasteiger partial charge in [-0.2, -0.15) is 14.5 Å². The topological polar surface area (TPSA) is 119 Å². The molecule has 0 aliphatic rings. The molecule has 0 spiro atoms. The maximum atomic E-state index is 8.74. The van der Waals surface area contributed by atoms with Crippen molar-refractivity contribution in [1.82, 2.24) is 0 Å². The van der Waals surface area contributed by atoms with Gasteiger partial charge in [0.05, 0.1) is 0 Å². The molecule has 1 rings (SSSR count). The average Bonchev–Trinajstić information content (AvgIpc) is 2.07. The Bertz CT molecular complexity index is 215. The molecule has 1 aromatic rings. The van der Waals surface area contributed by atoms with E-state index in [2.05, 4.69) is 10.7 Å². The van der Waals surface area contributed by atoms with Crippen molar-refractivity contribution in [3.8, 4) is 0 Å². The second kappa shape index (κ2) is 8.72. The summed E-state index contributed by atoms with van der Waals surface area (Å²) in [6.07, 6.45) is 4.06. The van der Waals surface area contributed by atoms with Gasteiger partial charge in [-0.05, 0) is 6.26 Å². The number of furan rings is 1. The summed E-state index contributed by atoms with van der Waals surface area (Å²) in [6.45, 7) is 0. The molecular weight excluding hydrogens is 240 g/mol. The van der Waals surface area contributed by atoms with Gasteiger partial charge in [0.2, 0.25) is 0 Å². The van der Waals surface area contributed by atoms with Crippen molar-refractivity contribution < 1.29 is 44.5 Å². The van der Waals surface area contributed by atoms with E-state index in [0.29, 0.717) is 0 Å². The molecule has 12 heavy (non-hydrogen) atoms. The number of hydrogen-bond acceptors (Lipinski definition) is 3. The third kappa shape index (κ3) is 33.5. The molecule has 0 aliphatic carbocycles. The third-order valence-electron chi connectivity index (χ3n) is 0.379. The fourth-order valence-electron chi connectivity index (χ4n) is 0.196. The van der Waals surface area contributed by atoms with E-state index in [1.165, 1.54) is 0 Å². The van der Waals surface area contributed by atoms with Crippen molar-refractivity contribution in [3.63, 3.8) is 0 Å². The Morgan fingerprint density at radius 3 is 1.83 bits per heavy atom. The molecule has 76 valence electrons. The van der Waals surface area contributed by atoms with Crippen molar-refractivity contribution in [3.05, 3.63) is 24.7 Å². The van der Waals surface area contributed by atoms with Gasteiger partial charge < -0.3 is 9.89 Å². The summed E-state index contributed by atoms with van der Waals surface area (Å²) in [7, 11) is -4.67. The summed E-state index contributed by atoms with van der Waals surface area (Å²) >= 11 is 0. The minimum atomic E-state index is -4.67. The first-order valence-corrected chi connectivity index (χ1v) is 3.49. The Labute approximate surface area is 79.9 Å². The SMILES string of the molecule is O.O=S(=O)(O)O.[Cu+].[c-]1ccco1. The van der Waals surface area contributed by atoms with Crippen LogP contribution >= 0.6 is 0 Å². The molecule has 0 amide bonds. The van der Waals surface area contributed by atoms with Gasteiger partial charge in [-0.1, -0.05) is 6.26 Å². The van der Waals surface area contributed by atoms with Crippen LogP contribution in [-0.2, 0) is 27.5 Å². The van der Waals surface area contributed by atoms with Gasteiger partial charge in [0.1, 0.15) is 0 Å². The van der Waals surface area contributed by atoms with Crippen LogP contribution in [0.15, 0.2) is 22.8 Å². The maximum absolute atomic E-state index is 8.74. The zero-order valence-electron chi connectivity index (χ0n) is 5.56. The first-order chi connectivity index (χ1) is 4.50. The van der Waals surface area contributed by atoms with Crippen LogP contribution in [0.3, 0.4) is 0 Å². The molecule has 0 fully saturated rings. The zero-order chi connectivity index (χ0) is 8.04. The zero-order valence-corrected chi connectivity index (χ0v) is 7.32. The van der Waals surface area contributed by atoms with E-state index in [1.807, 2.05) is 0 Å². The molecule has 0 radical (unpaired) electrons. The van der Waals surface area contributed by atoms with E-state index in [0.717, 1.165) is 0 Å². The van der Waals surface area contributed by atoms with Crippen LogP contribution in [0.4, 0.5) is 0 Å². The first-order valence-electron chi connectivity index (χ1n) is 2.09. The van der Waals surface area contributed by atoms with Crippen LogP contribution in [0, 0.1) is 6.26 Å². The van der Waals surface area contributed by atoms with E-state index in [9.17, 15) is 0 Å². The molecule has 0 bridgehead atoms. The number of hydrogen-bond donors (Lipinski definition) is 2. The summed E-state index contributed by atoms with van der Waals surface area (Å²) < 4.78 is 36.0. The van der Waals surface area contributed by atoms with E-state index in [4.69, 9.17) is 17.5 Å². The second-order valence-electron chi connectivity index (χ2n) is 1.18. The fourth-order valence-corrected chi connectivity index (χ4v) is 0.196. The van der Waals surface area contributed by atoms with E-state index in [-0.39, 0.29) is 22.5 Å². The predicted octanol–water partition coefficient (Wildman–Crippen LogP) is -0.400. The Kier molecular flexibility index (Phi) is 12.8. The molecule has 8 heteroatoms. The molecule has 1 heterocycles. The molecule has 0 atom stereocenters. The molecular formula is C4H7CuO6S. The Morgan fingerprint density at radius 2 is 1.75 bits per heavy atom. The molecule has 0 aromatic carbocycles. The van der Waals surface area contributed by atoms with Gasteiger partial charge in [-0.3, -0.25) is 9.11 Å². The van der Waals surface area contributed by atoms with Crippen molar-refractivity contribution in [2.24, 2.45) is 0 Å². The van der Waals surface area contributed by atoms with Crippen molar-refractivity contribution in [2.75, 3.05) is 0 Å². The van der Waals surface area contributed by atoms with Crippen molar-refractivity contribution >= 4 is 10.4 Å². The summed E-state index contributed by atoms with van der Waals surface area (Å²) in [5.41, 5.74) is 0. The minimum Gasteiger partial charge on any atom is -0.599 e. The van der Waals surface area contributed by atoms with Crippen LogP contribution < -0.4 is 0 Å². The van der Waals surface area contributed by atoms with Gasteiger partial charge in [0.15, 0.2) is 0 Å². The quantitative estimate of drug-likeness (QED) is 0.367. The third-order valence-corrected chi connectivity index (χ3v) is 0.379. The molecule has 0 aliphatic heterocycles. The maximum Gasteiger partial charge on any atom is 1.00 e. The Morgan fingerprint density at radius 1 is 1.33 bits per heavy atom. The smallest absolute Gasteiger partial charge is 0.599 e. The second-order valence-corrected chi connectivity index (χ2v) is 2.07.